The molecule has 0 spiro atoms. The summed E-state index contributed by atoms with van der Waals surface area (Å²) in [7, 11) is 1.79. The Kier molecular flexibility index (Phi) is 2.71. The number of hydrogen-bond acceptors (Lipinski definition) is 3. The van der Waals surface area contributed by atoms with Crippen molar-refractivity contribution in [1.29, 1.82) is 0 Å². The second-order valence-electron chi connectivity index (χ2n) is 3.62. The number of amides is 1. The topological polar surface area (TPSA) is 40.5 Å². The third kappa shape index (κ3) is 1.75. The number of aliphatic hydroxyl groups excluding tert-OH is 1. The second-order valence-corrected chi connectivity index (χ2v) is 5.00. The molecule has 80 valence electrons. The molecule has 1 aromatic rings. The fourth-order valence-corrected chi connectivity index (χ4v) is 2.85. The van der Waals surface area contributed by atoms with Crippen molar-refractivity contribution in [3.63, 3.8) is 0 Å². The normalized spacial score (nSPS) is 20.3. The summed E-state index contributed by atoms with van der Waals surface area (Å²) in [6.07, 6.45) is 0. The summed E-state index contributed by atoms with van der Waals surface area (Å²) in [5, 5.41) is 8.99. The van der Waals surface area contributed by atoms with E-state index in [4.69, 9.17) is 5.11 Å². The van der Waals surface area contributed by atoms with Crippen LogP contribution in [0.25, 0.3) is 0 Å². The maximum atomic E-state index is 11.7. The SMILES string of the molecule is CC1Sc2cc(CO)ccc2N(C)C1=O. The average molecular weight is 223 g/mol. The molecule has 1 aliphatic rings. The number of anilines is 1. The first-order valence-corrected chi connectivity index (χ1v) is 5.69. The van der Waals surface area contributed by atoms with Crippen LogP contribution in [0.15, 0.2) is 23.1 Å². The second kappa shape index (κ2) is 3.87. The van der Waals surface area contributed by atoms with Crippen molar-refractivity contribution in [3.05, 3.63) is 23.8 Å². The highest BCUT2D eigenvalue weighted by molar-refractivity contribution is 8.00. The lowest BCUT2D eigenvalue weighted by atomic mass is 10.2. The van der Waals surface area contributed by atoms with Gasteiger partial charge >= 0.3 is 0 Å². The van der Waals surface area contributed by atoms with Crippen molar-refractivity contribution in [3.8, 4) is 0 Å². The zero-order valence-electron chi connectivity index (χ0n) is 8.73. The molecule has 1 unspecified atom stereocenters. The van der Waals surface area contributed by atoms with Crippen molar-refractivity contribution in [2.24, 2.45) is 0 Å². The van der Waals surface area contributed by atoms with E-state index in [1.807, 2.05) is 25.1 Å². The highest BCUT2D eigenvalue weighted by Crippen LogP contribution is 2.38. The zero-order valence-corrected chi connectivity index (χ0v) is 9.54. The summed E-state index contributed by atoms with van der Waals surface area (Å²) in [6.45, 7) is 1.94. The average Bonchev–Trinajstić information content (AvgIpc) is 2.25. The number of benzene rings is 1. The van der Waals surface area contributed by atoms with E-state index in [0.717, 1.165) is 16.1 Å². The van der Waals surface area contributed by atoms with Crippen molar-refractivity contribution < 1.29 is 9.90 Å². The van der Waals surface area contributed by atoms with Crippen LogP contribution in [0, 0.1) is 0 Å². The summed E-state index contributed by atoms with van der Waals surface area (Å²) >= 11 is 1.55. The first-order valence-electron chi connectivity index (χ1n) is 4.81. The molecule has 1 aliphatic heterocycles. The summed E-state index contributed by atoms with van der Waals surface area (Å²) in [5.41, 5.74) is 1.82. The van der Waals surface area contributed by atoms with E-state index < -0.39 is 0 Å². The van der Waals surface area contributed by atoms with E-state index in [1.54, 1.807) is 23.7 Å². The van der Waals surface area contributed by atoms with Gasteiger partial charge in [-0.05, 0) is 24.6 Å². The Hall–Kier alpha value is -1.00. The van der Waals surface area contributed by atoms with E-state index >= 15 is 0 Å². The predicted molar refractivity (Wildman–Crippen MR) is 61.1 cm³/mol. The first-order chi connectivity index (χ1) is 7.13. The van der Waals surface area contributed by atoms with Crippen LogP contribution in [0.3, 0.4) is 0 Å². The van der Waals surface area contributed by atoms with Gasteiger partial charge in [0.25, 0.3) is 0 Å². The molecule has 0 saturated carbocycles. The van der Waals surface area contributed by atoms with Crippen LogP contribution in [0.2, 0.25) is 0 Å². The minimum atomic E-state index is -0.0450. The largest absolute Gasteiger partial charge is 0.392 e. The third-order valence-electron chi connectivity index (χ3n) is 2.55. The number of fused-ring (bicyclic) bond motifs is 1. The van der Waals surface area contributed by atoms with Gasteiger partial charge in [-0.15, -0.1) is 11.8 Å². The molecule has 0 aliphatic carbocycles. The standard InChI is InChI=1S/C11H13NO2S/c1-7-11(14)12(2)9-4-3-8(6-13)5-10(9)15-7/h3-5,7,13H,6H2,1-2H3. The van der Waals surface area contributed by atoms with Gasteiger partial charge in [-0.3, -0.25) is 4.79 Å². The number of carbonyl (C=O) groups excluding carboxylic acids is 1. The van der Waals surface area contributed by atoms with Gasteiger partial charge in [-0.2, -0.15) is 0 Å². The molecule has 0 aromatic heterocycles. The maximum Gasteiger partial charge on any atom is 0.239 e. The van der Waals surface area contributed by atoms with Crippen molar-refractivity contribution in [2.75, 3.05) is 11.9 Å². The quantitative estimate of drug-likeness (QED) is 0.786. The molecule has 0 saturated heterocycles. The Morgan fingerprint density at radius 1 is 1.53 bits per heavy atom. The van der Waals surface area contributed by atoms with Crippen LogP contribution in [-0.2, 0) is 11.4 Å². The molecule has 0 radical (unpaired) electrons. The lowest BCUT2D eigenvalue weighted by Gasteiger charge is -2.29. The van der Waals surface area contributed by atoms with Gasteiger partial charge in [-0.1, -0.05) is 6.07 Å². The van der Waals surface area contributed by atoms with Crippen LogP contribution in [0.4, 0.5) is 5.69 Å². The van der Waals surface area contributed by atoms with Gasteiger partial charge in [0.1, 0.15) is 0 Å². The fraction of sp³-hybridized carbons (Fsp3) is 0.364. The molecule has 1 N–H and O–H groups in total. The predicted octanol–water partition coefficient (Wildman–Crippen LogP) is 1.64. The maximum absolute atomic E-state index is 11.7. The molecule has 1 heterocycles. The monoisotopic (exact) mass is 223 g/mol. The summed E-state index contributed by atoms with van der Waals surface area (Å²) in [6, 6.07) is 5.68. The van der Waals surface area contributed by atoms with E-state index in [0.29, 0.717) is 0 Å². The van der Waals surface area contributed by atoms with Crippen LogP contribution >= 0.6 is 11.8 Å². The molecular weight excluding hydrogens is 210 g/mol. The van der Waals surface area contributed by atoms with Gasteiger partial charge in [-0.25, -0.2) is 0 Å². The lowest BCUT2D eigenvalue weighted by molar-refractivity contribution is -0.117. The van der Waals surface area contributed by atoms with Crippen LogP contribution in [0.1, 0.15) is 12.5 Å². The summed E-state index contributed by atoms with van der Waals surface area (Å²) in [5.74, 6) is 0.129. The molecule has 3 nitrogen and oxygen atoms in total. The van der Waals surface area contributed by atoms with Crippen LogP contribution < -0.4 is 4.90 Å². The molecule has 0 fully saturated rings. The molecule has 0 bridgehead atoms. The fourth-order valence-electron chi connectivity index (χ4n) is 1.66. The Labute approximate surface area is 93.1 Å². The van der Waals surface area contributed by atoms with E-state index in [-0.39, 0.29) is 17.8 Å². The van der Waals surface area contributed by atoms with Crippen LogP contribution in [-0.4, -0.2) is 23.3 Å². The molecule has 1 aromatic carbocycles. The number of aliphatic hydroxyl groups is 1. The number of hydrogen-bond donors (Lipinski definition) is 1. The smallest absolute Gasteiger partial charge is 0.239 e. The first kappa shape index (κ1) is 10.5. The third-order valence-corrected chi connectivity index (χ3v) is 3.69. The highest BCUT2D eigenvalue weighted by Gasteiger charge is 2.27. The Morgan fingerprint density at radius 3 is 2.93 bits per heavy atom. The number of carbonyl (C=O) groups is 1. The minimum absolute atomic E-state index is 0.0415. The van der Waals surface area contributed by atoms with Crippen molar-refractivity contribution in [2.45, 2.75) is 23.7 Å². The summed E-state index contributed by atoms with van der Waals surface area (Å²) in [4.78, 5) is 14.4. The van der Waals surface area contributed by atoms with Crippen molar-refractivity contribution in [1.82, 2.24) is 0 Å². The number of thioether (sulfide) groups is 1. The number of nitrogens with zero attached hydrogens (tertiary/aromatic N) is 1. The minimum Gasteiger partial charge on any atom is -0.392 e. The molecular formula is C11H13NO2S. The van der Waals surface area contributed by atoms with Crippen LogP contribution in [0.5, 0.6) is 0 Å². The van der Waals surface area contributed by atoms with E-state index in [1.165, 1.54) is 0 Å². The van der Waals surface area contributed by atoms with Gasteiger partial charge in [0.2, 0.25) is 5.91 Å². The summed E-state index contributed by atoms with van der Waals surface area (Å²) < 4.78 is 0. The Balaban J connectivity index is 2.45. The van der Waals surface area contributed by atoms with Gasteiger partial charge in [0.05, 0.1) is 17.5 Å². The van der Waals surface area contributed by atoms with Gasteiger partial charge in [0.15, 0.2) is 0 Å². The molecule has 4 heteroatoms. The van der Waals surface area contributed by atoms with E-state index in [2.05, 4.69) is 0 Å². The Morgan fingerprint density at radius 2 is 2.27 bits per heavy atom. The molecule has 2 rings (SSSR count). The Bertz CT molecular complexity index is 406. The zero-order chi connectivity index (χ0) is 11.0. The van der Waals surface area contributed by atoms with E-state index in [9.17, 15) is 4.79 Å². The van der Waals surface area contributed by atoms with Crippen molar-refractivity contribution >= 4 is 23.4 Å². The van der Waals surface area contributed by atoms with Gasteiger partial charge in [0, 0.05) is 11.9 Å². The molecule has 1 amide bonds. The number of rotatable bonds is 1. The van der Waals surface area contributed by atoms with Gasteiger partial charge < -0.3 is 10.0 Å². The molecule has 15 heavy (non-hydrogen) atoms. The molecule has 1 atom stereocenters. The highest BCUT2D eigenvalue weighted by atomic mass is 32.2. The lowest BCUT2D eigenvalue weighted by Crippen LogP contribution is -2.36.